The van der Waals surface area contributed by atoms with Gasteiger partial charge in [0.2, 0.25) is 0 Å². The van der Waals surface area contributed by atoms with Crippen LogP contribution in [0.4, 0.5) is 0 Å². The molecule has 0 spiro atoms. The fraction of sp³-hybridized carbons (Fsp3) is 1.00. The van der Waals surface area contributed by atoms with Gasteiger partial charge in [-0.3, -0.25) is 0 Å². The van der Waals surface area contributed by atoms with E-state index in [4.69, 9.17) is 5.73 Å². The normalized spacial score (nSPS) is 42.0. The lowest BCUT2D eigenvalue weighted by molar-refractivity contribution is 0.527. The minimum atomic E-state index is 0.514. The number of hydrogen-bond acceptors (Lipinski definition) is 1. The first-order valence-electron chi connectivity index (χ1n) is 3.06. The molecule has 1 fully saturated rings. The zero-order valence-electron chi connectivity index (χ0n) is 4.85. The summed E-state index contributed by atoms with van der Waals surface area (Å²) in [6.07, 6.45) is 3.95. The smallest absolute Gasteiger partial charge is 0.00645 e. The third-order valence-corrected chi connectivity index (χ3v) is 1.93. The van der Waals surface area contributed by atoms with E-state index in [0.29, 0.717) is 6.04 Å². The van der Waals surface area contributed by atoms with Gasteiger partial charge in [-0.25, -0.2) is 0 Å². The molecular weight excluding hydrogens is 86.1 g/mol. The van der Waals surface area contributed by atoms with Crippen molar-refractivity contribution >= 4 is 0 Å². The van der Waals surface area contributed by atoms with E-state index in [1.165, 1.54) is 19.3 Å². The average molecular weight is 99.2 g/mol. The number of rotatable bonds is 0. The van der Waals surface area contributed by atoms with E-state index in [9.17, 15) is 0 Å². The third kappa shape index (κ3) is 0.942. The third-order valence-electron chi connectivity index (χ3n) is 1.93. The van der Waals surface area contributed by atoms with Crippen molar-refractivity contribution in [2.24, 2.45) is 11.7 Å². The predicted molar refractivity (Wildman–Crippen MR) is 31.0 cm³/mol. The topological polar surface area (TPSA) is 26.0 Å². The first-order chi connectivity index (χ1) is 3.30. The maximum Gasteiger partial charge on any atom is 0.00645 e. The molecule has 7 heavy (non-hydrogen) atoms. The van der Waals surface area contributed by atoms with Gasteiger partial charge in [0.1, 0.15) is 0 Å². The van der Waals surface area contributed by atoms with E-state index in [1.807, 2.05) is 0 Å². The van der Waals surface area contributed by atoms with Crippen molar-refractivity contribution in [2.45, 2.75) is 32.2 Å². The van der Waals surface area contributed by atoms with Crippen molar-refractivity contribution < 1.29 is 0 Å². The summed E-state index contributed by atoms with van der Waals surface area (Å²) in [5.41, 5.74) is 5.68. The van der Waals surface area contributed by atoms with Crippen LogP contribution in [0.1, 0.15) is 26.2 Å². The molecule has 0 aliphatic heterocycles. The second-order valence-corrected chi connectivity index (χ2v) is 2.57. The van der Waals surface area contributed by atoms with Crippen molar-refractivity contribution in [3.63, 3.8) is 0 Å². The molecule has 0 heterocycles. The van der Waals surface area contributed by atoms with Gasteiger partial charge in [-0.05, 0) is 18.8 Å². The minimum absolute atomic E-state index is 0.514. The summed E-state index contributed by atoms with van der Waals surface area (Å²) < 4.78 is 0. The van der Waals surface area contributed by atoms with Crippen LogP contribution in [0.3, 0.4) is 0 Å². The second kappa shape index (κ2) is 1.83. The highest BCUT2D eigenvalue weighted by Crippen LogP contribution is 2.22. The molecule has 0 amide bonds. The summed E-state index contributed by atoms with van der Waals surface area (Å²) in [5.74, 6) is 0.792. The maximum absolute atomic E-state index is 5.68. The molecule has 1 nitrogen and oxygen atoms in total. The molecule has 0 aromatic carbocycles. The van der Waals surface area contributed by atoms with Gasteiger partial charge < -0.3 is 5.73 Å². The van der Waals surface area contributed by atoms with Crippen LogP contribution in [0, 0.1) is 5.92 Å². The van der Waals surface area contributed by atoms with E-state index in [0.717, 1.165) is 5.92 Å². The summed E-state index contributed by atoms with van der Waals surface area (Å²) >= 11 is 0. The second-order valence-electron chi connectivity index (χ2n) is 2.57. The number of hydrogen-bond donors (Lipinski definition) is 1. The molecule has 0 aromatic heterocycles. The van der Waals surface area contributed by atoms with Crippen LogP contribution in [-0.2, 0) is 0 Å². The summed E-state index contributed by atoms with van der Waals surface area (Å²) in [4.78, 5) is 0. The molecule has 2 atom stereocenters. The molecule has 1 saturated carbocycles. The predicted octanol–water partition coefficient (Wildman–Crippen LogP) is 1.13. The van der Waals surface area contributed by atoms with Crippen LogP contribution in [0.25, 0.3) is 0 Å². The lowest BCUT2D eigenvalue weighted by Crippen LogP contribution is -2.21. The highest BCUT2D eigenvalue weighted by molar-refractivity contribution is 4.75. The van der Waals surface area contributed by atoms with Gasteiger partial charge in [0.05, 0.1) is 0 Å². The summed E-state index contributed by atoms with van der Waals surface area (Å²) in [5, 5.41) is 0. The van der Waals surface area contributed by atoms with Crippen molar-refractivity contribution in [2.75, 3.05) is 0 Å². The molecule has 0 radical (unpaired) electrons. The fourth-order valence-electron chi connectivity index (χ4n) is 1.17. The molecule has 2 N–H and O–H groups in total. The van der Waals surface area contributed by atoms with Crippen LogP contribution < -0.4 is 5.73 Å². The van der Waals surface area contributed by atoms with Crippen molar-refractivity contribution in [3.8, 4) is 0 Å². The van der Waals surface area contributed by atoms with E-state index in [-0.39, 0.29) is 0 Å². The molecule has 0 saturated heterocycles. The lowest BCUT2D eigenvalue weighted by Gasteiger charge is -2.05. The Bertz CT molecular complexity index is 53.2. The lowest BCUT2D eigenvalue weighted by atomic mass is 10.1. The van der Waals surface area contributed by atoms with Gasteiger partial charge >= 0.3 is 0 Å². The molecule has 1 heteroatoms. The standard InChI is InChI=1S/C6H13N/c1-5-3-2-4-6(5)7/h5-6H,2-4,7H2,1H3/t5-,6-/m1/s1. The SMILES string of the molecule is C[C@@H]1CCC[C@H]1N. The van der Waals surface area contributed by atoms with E-state index in [2.05, 4.69) is 6.92 Å². The van der Waals surface area contributed by atoms with Crippen molar-refractivity contribution in [3.05, 3.63) is 0 Å². The van der Waals surface area contributed by atoms with E-state index < -0.39 is 0 Å². The van der Waals surface area contributed by atoms with Gasteiger partial charge in [0.25, 0.3) is 0 Å². The molecule has 42 valence electrons. The largest absolute Gasteiger partial charge is 0.327 e. The van der Waals surface area contributed by atoms with Crippen LogP contribution in [-0.4, -0.2) is 6.04 Å². The van der Waals surface area contributed by atoms with Gasteiger partial charge in [-0.2, -0.15) is 0 Å². The molecule has 0 unspecified atom stereocenters. The molecule has 0 aromatic rings. The Labute approximate surface area is 44.9 Å². The highest BCUT2D eigenvalue weighted by Gasteiger charge is 2.18. The quantitative estimate of drug-likeness (QED) is 0.484. The van der Waals surface area contributed by atoms with Gasteiger partial charge in [0.15, 0.2) is 0 Å². The first kappa shape index (κ1) is 5.10. The minimum Gasteiger partial charge on any atom is -0.327 e. The van der Waals surface area contributed by atoms with Crippen LogP contribution in [0.2, 0.25) is 0 Å². The number of nitrogens with two attached hydrogens (primary N) is 1. The molecule has 1 aliphatic carbocycles. The van der Waals surface area contributed by atoms with Gasteiger partial charge in [0, 0.05) is 6.04 Å². The van der Waals surface area contributed by atoms with E-state index >= 15 is 0 Å². The zero-order valence-corrected chi connectivity index (χ0v) is 4.85. The van der Waals surface area contributed by atoms with Crippen LogP contribution in [0.15, 0.2) is 0 Å². The molecule has 1 aliphatic rings. The Morgan fingerprint density at radius 2 is 2.14 bits per heavy atom. The molecule has 0 bridgehead atoms. The average Bonchev–Trinajstić information content (AvgIpc) is 1.91. The highest BCUT2D eigenvalue weighted by atomic mass is 14.7. The van der Waals surface area contributed by atoms with Gasteiger partial charge in [-0.15, -0.1) is 0 Å². The Morgan fingerprint density at radius 1 is 1.43 bits per heavy atom. The monoisotopic (exact) mass is 99.1 g/mol. The molecular formula is C6H13N. The Morgan fingerprint density at radius 3 is 2.29 bits per heavy atom. The van der Waals surface area contributed by atoms with Crippen molar-refractivity contribution in [1.29, 1.82) is 0 Å². The van der Waals surface area contributed by atoms with Crippen LogP contribution >= 0.6 is 0 Å². The first-order valence-corrected chi connectivity index (χ1v) is 3.06. The van der Waals surface area contributed by atoms with Gasteiger partial charge in [-0.1, -0.05) is 13.3 Å². The van der Waals surface area contributed by atoms with Crippen molar-refractivity contribution in [1.82, 2.24) is 0 Å². The Hall–Kier alpha value is -0.0400. The summed E-state index contributed by atoms with van der Waals surface area (Å²) in [6, 6.07) is 0.514. The maximum atomic E-state index is 5.68. The zero-order chi connectivity index (χ0) is 5.28. The summed E-state index contributed by atoms with van der Waals surface area (Å²) in [7, 11) is 0. The Balaban J connectivity index is 2.33. The van der Waals surface area contributed by atoms with E-state index in [1.54, 1.807) is 0 Å². The van der Waals surface area contributed by atoms with Crippen LogP contribution in [0.5, 0.6) is 0 Å². The fourth-order valence-corrected chi connectivity index (χ4v) is 1.17. The summed E-state index contributed by atoms with van der Waals surface area (Å²) in [6.45, 7) is 2.23. The molecule has 1 rings (SSSR count). The Kier molecular flexibility index (Phi) is 1.33.